The highest BCUT2D eigenvalue weighted by Gasteiger charge is 2.09. The van der Waals surface area contributed by atoms with Crippen LogP contribution in [0.3, 0.4) is 0 Å². The second-order valence-corrected chi connectivity index (χ2v) is 7.81. The van der Waals surface area contributed by atoms with Crippen LogP contribution in [-0.4, -0.2) is 20.6 Å². The van der Waals surface area contributed by atoms with Crippen molar-refractivity contribution >= 4 is 37.4 Å². The lowest BCUT2D eigenvalue weighted by Crippen LogP contribution is -2.13. The second kappa shape index (κ2) is 7.07. The van der Waals surface area contributed by atoms with Gasteiger partial charge in [0.15, 0.2) is 9.84 Å². The number of rotatable bonds is 5. The molecule has 0 atom stereocenters. The summed E-state index contributed by atoms with van der Waals surface area (Å²) in [5, 5.41) is 2.73. The van der Waals surface area contributed by atoms with E-state index in [9.17, 15) is 13.2 Å². The molecule has 0 spiro atoms. The first-order chi connectivity index (χ1) is 10.4. The average molecular weight is 382 g/mol. The molecule has 22 heavy (non-hydrogen) atoms. The van der Waals surface area contributed by atoms with Gasteiger partial charge in [0, 0.05) is 22.8 Å². The lowest BCUT2D eigenvalue weighted by Gasteiger charge is -2.07. The summed E-state index contributed by atoms with van der Waals surface area (Å²) in [7, 11) is -3.28. The van der Waals surface area contributed by atoms with Crippen molar-refractivity contribution in [1.29, 1.82) is 0 Å². The Hall–Kier alpha value is -1.66. The number of hydrogen-bond acceptors (Lipinski definition) is 3. The fraction of sp³-hybridized carbons (Fsp3) is 0.188. The minimum atomic E-state index is -3.28. The summed E-state index contributed by atoms with van der Waals surface area (Å²) in [6.45, 7) is 0. The van der Waals surface area contributed by atoms with Gasteiger partial charge < -0.3 is 5.32 Å². The Morgan fingerprint density at radius 2 is 1.86 bits per heavy atom. The van der Waals surface area contributed by atoms with Crippen molar-refractivity contribution in [3.63, 3.8) is 0 Å². The molecule has 6 heteroatoms. The highest BCUT2D eigenvalue weighted by atomic mass is 79.9. The van der Waals surface area contributed by atoms with Crippen molar-refractivity contribution in [3.05, 3.63) is 58.6 Å². The van der Waals surface area contributed by atoms with E-state index >= 15 is 0 Å². The van der Waals surface area contributed by atoms with Crippen LogP contribution >= 0.6 is 15.9 Å². The molecule has 2 aromatic carbocycles. The quantitative estimate of drug-likeness (QED) is 0.862. The summed E-state index contributed by atoms with van der Waals surface area (Å²) in [6.07, 6.45) is 2.08. The van der Waals surface area contributed by atoms with Gasteiger partial charge >= 0.3 is 0 Å². The van der Waals surface area contributed by atoms with Crippen LogP contribution in [0.15, 0.2) is 57.9 Å². The van der Waals surface area contributed by atoms with Crippen LogP contribution < -0.4 is 5.32 Å². The molecule has 1 N–H and O–H groups in total. The van der Waals surface area contributed by atoms with E-state index in [2.05, 4.69) is 21.2 Å². The van der Waals surface area contributed by atoms with Gasteiger partial charge in [0.2, 0.25) is 5.91 Å². The van der Waals surface area contributed by atoms with E-state index in [1.54, 1.807) is 12.1 Å². The maximum atomic E-state index is 12.0. The molecule has 0 aromatic heterocycles. The first kappa shape index (κ1) is 16.7. The van der Waals surface area contributed by atoms with E-state index in [1.807, 2.05) is 24.3 Å². The van der Waals surface area contributed by atoms with Crippen LogP contribution in [-0.2, 0) is 21.1 Å². The largest absolute Gasteiger partial charge is 0.326 e. The van der Waals surface area contributed by atoms with Crippen LogP contribution in [0.2, 0.25) is 0 Å². The van der Waals surface area contributed by atoms with Crippen molar-refractivity contribution < 1.29 is 13.2 Å². The summed E-state index contributed by atoms with van der Waals surface area (Å²) in [5.41, 5.74) is 1.54. The lowest BCUT2D eigenvalue weighted by atomic mass is 10.1. The predicted octanol–water partition coefficient (Wildman–Crippen LogP) is 3.42. The fourth-order valence-corrected chi connectivity index (χ4v) is 3.13. The molecule has 0 heterocycles. The van der Waals surface area contributed by atoms with Gasteiger partial charge in [-0.15, -0.1) is 0 Å². The Kier molecular flexibility index (Phi) is 5.37. The Balaban J connectivity index is 2.00. The monoisotopic (exact) mass is 381 g/mol. The third-order valence-electron chi connectivity index (χ3n) is 3.13. The summed E-state index contributed by atoms with van der Waals surface area (Å²) >= 11 is 3.45. The summed E-state index contributed by atoms with van der Waals surface area (Å²) in [6, 6.07) is 14.0. The van der Waals surface area contributed by atoms with E-state index in [-0.39, 0.29) is 10.8 Å². The molecule has 116 valence electrons. The third-order valence-corrected chi connectivity index (χ3v) is 5.01. The molecule has 0 saturated carbocycles. The number of benzene rings is 2. The normalized spacial score (nSPS) is 11.2. The van der Waals surface area contributed by atoms with Gasteiger partial charge in [0.05, 0.1) is 4.90 Å². The molecule has 2 rings (SSSR count). The van der Waals surface area contributed by atoms with Crippen molar-refractivity contribution in [2.75, 3.05) is 11.6 Å². The van der Waals surface area contributed by atoms with Gasteiger partial charge in [-0.25, -0.2) is 8.42 Å². The van der Waals surface area contributed by atoms with Crippen LogP contribution in [0.1, 0.15) is 12.0 Å². The Labute approximate surface area is 138 Å². The van der Waals surface area contributed by atoms with Crippen LogP contribution in [0.4, 0.5) is 5.69 Å². The van der Waals surface area contributed by atoms with Gasteiger partial charge in [0.1, 0.15) is 0 Å². The molecule has 0 radical (unpaired) electrons. The number of carbonyl (C=O) groups is 1. The summed E-state index contributed by atoms with van der Waals surface area (Å²) < 4.78 is 24.0. The number of halogens is 1. The van der Waals surface area contributed by atoms with E-state index in [0.29, 0.717) is 18.5 Å². The highest BCUT2D eigenvalue weighted by molar-refractivity contribution is 9.10. The zero-order chi connectivity index (χ0) is 16.2. The molecule has 0 saturated heterocycles. The van der Waals surface area contributed by atoms with Gasteiger partial charge in [-0.2, -0.15) is 0 Å². The molecule has 0 aliphatic rings. The van der Waals surface area contributed by atoms with Crippen molar-refractivity contribution in [2.24, 2.45) is 0 Å². The number of sulfone groups is 1. The molecule has 1 amide bonds. The molecule has 0 fully saturated rings. The van der Waals surface area contributed by atoms with Crippen molar-refractivity contribution in [1.82, 2.24) is 0 Å². The van der Waals surface area contributed by atoms with Gasteiger partial charge in [-0.05, 0) is 36.2 Å². The Bertz CT molecular complexity index is 787. The first-order valence-corrected chi connectivity index (χ1v) is 9.38. The SMILES string of the molecule is CS(=O)(=O)c1cccc(NC(=O)CCc2ccccc2Br)c1. The lowest BCUT2D eigenvalue weighted by molar-refractivity contribution is -0.116. The maximum Gasteiger partial charge on any atom is 0.224 e. The van der Waals surface area contributed by atoms with Gasteiger partial charge in [0.25, 0.3) is 0 Å². The maximum absolute atomic E-state index is 12.0. The number of amides is 1. The summed E-state index contributed by atoms with van der Waals surface area (Å²) in [4.78, 5) is 12.2. The molecular formula is C16H16BrNO3S. The minimum absolute atomic E-state index is 0.151. The first-order valence-electron chi connectivity index (χ1n) is 6.69. The van der Waals surface area contributed by atoms with E-state index < -0.39 is 9.84 Å². The standard InChI is InChI=1S/C16H16BrNO3S/c1-22(20,21)14-7-4-6-13(11-14)18-16(19)10-9-12-5-2-3-8-15(12)17/h2-8,11H,9-10H2,1H3,(H,18,19). The average Bonchev–Trinajstić information content (AvgIpc) is 2.46. The third kappa shape index (κ3) is 4.68. The van der Waals surface area contributed by atoms with E-state index in [4.69, 9.17) is 0 Å². The molecule has 0 aliphatic carbocycles. The topological polar surface area (TPSA) is 63.2 Å². The van der Waals surface area contributed by atoms with Crippen molar-refractivity contribution in [3.8, 4) is 0 Å². The number of carbonyl (C=O) groups excluding carboxylic acids is 1. The Morgan fingerprint density at radius 1 is 1.14 bits per heavy atom. The van der Waals surface area contributed by atoms with Crippen LogP contribution in [0.25, 0.3) is 0 Å². The predicted molar refractivity (Wildman–Crippen MR) is 90.6 cm³/mol. The molecule has 2 aromatic rings. The highest BCUT2D eigenvalue weighted by Crippen LogP contribution is 2.18. The molecule has 0 unspecified atom stereocenters. The Morgan fingerprint density at radius 3 is 2.55 bits per heavy atom. The smallest absolute Gasteiger partial charge is 0.224 e. The van der Waals surface area contributed by atoms with Crippen LogP contribution in [0.5, 0.6) is 0 Å². The van der Waals surface area contributed by atoms with Gasteiger partial charge in [-0.1, -0.05) is 40.2 Å². The molecule has 0 aliphatic heterocycles. The summed E-state index contributed by atoms with van der Waals surface area (Å²) in [5.74, 6) is -0.151. The molecular weight excluding hydrogens is 366 g/mol. The zero-order valence-electron chi connectivity index (χ0n) is 12.0. The minimum Gasteiger partial charge on any atom is -0.326 e. The fourth-order valence-electron chi connectivity index (χ4n) is 1.98. The second-order valence-electron chi connectivity index (χ2n) is 4.94. The molecule has 4 nitrogen and oxygen atoms in total. The van der Waals surface area contributed by atoms with E-state index in [1.165, 1.54) is 12.1 Å². The van der Waals surface area contributed by atoms with Crippen LogP contribution in [0, 0.1) is 0 Å². The zero-order valence-corrected chi connectivity index (χ0v) is 14.4. The number of hydrogen-bond donors (Lipinski definition) is 1. The van der Waals surface area contributed by atoms with Gasteiger partial charge in [-0.3, -0.25) is 4.79 Å². The number of aryl methyl sites for hydroxylation is 1. The number of anilines is 1. The van der Waals surface area contributed by atoms with Crippen molar-refractivity contribution in [2.45, 2.75) is 17.7 Å². The number of nitrogens with one attached hydrogen (secondary N) is 1. The van der Waals surface area contributed by atoms with E-state index in [0.717, 1.165) is 16.3 Å². The molecule has 0 bridgehead atoms.